The molecular formula is C25H32N2O4. The van der Waals surface area contributed by atoms with Gasteiger partial charge in [-0.25, -0.2) is 4.79 Å². The Morgan fingerprint density at radius 1 is 0.968 bits per heavy atom. The predicted octanol–water partition coefficient (Wildman–Crippen LogP) is 4.27. The van der Waals surface area contributed by atoms with E-state index >= 15 is 0 Å². The summed E-state index contributed by atoms with van der Waals surface area (Å²) in [6, 6.07) is 13.8. The largest absolute Gasteiger partial charge is 0.451 e. The third kappa shape index (κ3) is 7.24. The Morgan fingerprint density at radius 2 is 1.61 bits per heavy atom. The summed E-state index contributed by atoms with van der Waals surface area (Å²) in [5.41, 5.74) is 3.12. The van der Waals surface area contributed by atoms with Crippen molar-refractivity contribution in [3.05, 3.63) is 65.2 Å². The maximum absolute atomic E-state index is 12.8. The molecule has 6 heteroatoms. The number of anilines is 1. The molecule has 2 aromatic carbocycles. The Kier molecular flexibility index (Phi) is 8.79. The number of carbonyl (C=O) groups is 3. The lowest BCUT2D eigenvalue weighted by Gasteiger charge is -2.22. The van der Waals surface area contributed by atoms with Crippen LogP contribution in [0.3, 0.4) is 0 Å². The number of hydrogen-bond donors (Lipinski definition) is 2. The van der Waals surface area contributed by atoms with Gasteiger partial charge in [-0.15, -0.1) is 0 Å². The fourth-order valence-corrected chi connectivity index (χ4v) is 3.13. The van der Waals surface area contributed by atoms with Gasteiger partial charge in [0.1, 0.15) is 6.04 Å². The number of carbonyl (C=O) groups excluding carboxylic acids is 3. The minimum absolute atomic E-state index is 0.149. The first-order valence-corrected chi connectivity index (χ1v) is 10.7. The van der Waals surface area contributed by atoms with Gasteiger partial charge in [0.15, 0.2) is 6.10 Å². The molecule has 166 valence electrons. The van der Waals surface area contributed by atoms with E-state index in [-0.39, 0.29) is 11.8 Å². The molecule has 2 amide bonds. The third-order valence-corrected chi connectivity index (χ3v) is 4.98. The minimum Gasteiger partial charge on any atom is -0.451 e. The molecule has 0 saturated carbocycles. The topological polar surface area (TPSA) is 84.5 Å². The molecule has 2 N–H and O–H groups in total. The maximum atomic E-state index is 12.8. The van der Waals surface area contributed by atoms with Gasteiger partial charge in [0.2, 0.25) is 0 Å². The predicted molar refractivity (Wildman–Crippen MR) is 122 cm³/mol. The van der Waals surface area contributed by atoms with Gasteiger partial charge in [-0.1, -0.05) is 51.1 Å². The van der Waals surface area contributed by atoms with Gasteiger partial charge < -0.3 is 15.4 Å². The fourth-order valence-electron chi connectivity index (χ4n) is 3.13. The number of esters is 1. The van der Waals surface area contributed by atoms with E-state index in [2.05, 4.69) is 17.6 Å². The fraction of sp³-hybridized carbons (Fsp3) is 0.400. The lowest BCUT2D eigenvalue weighted by atomic mass is 10.0. The van der Waals surface area contributed by atoms with Gasteiger partial charge in [-0.3, -0.25) is 9.59 Å². The van der Waals surface area contributed by atoms with Crippen LogP contribution in [0.5, 0.6) is 0 Å². The van der Waals surface area contributed by atoms with Crippen LogP contribution in [0.2, 0.25) is 0 Å². The molecular weight excluding hydrogens is 392 g/mol. The zero-order valence-electron chi connectivity index (χ0n) is 18.9. The molecule has 0 spiro atoms. The van der Waals surface area contributed by atoms with Gasteiger partial charge >= 0.3 is 5.97 Å². The zero-order chi connectivity index (χ0) is 23.0. The van der Waals surface area contributed by atoms with Crippen molar-refractivity contribution in [3.63, 3.8) is 0 Å². The van der Waals surface area contributed by atoms with E-state index in [0.29, 0.717) is 17.7 Å². The second-order valence-electron chi connectivity index (χ2n) is 8.09. The number of amides is 2. The number of hydrogen-bond acceptors (Lipinski definition) is 4. The molecule has 0 radical (unpaired) electrons. The normalized spacial score (nSPS) is 12.7. The Hall–Kier alpha value is -3.15. The Balaban J connectivity index is 2.02. The SMILES string of the molecule is CCc1ccc(NC(=O)[C@@H](C)OC(=O)[C@@H](CC(C)C)NC(=O)c2ccccc2C)cc1. The average molecular weight is 425 g/mol. The molecule has 0 aliphatic rings. The zero-order valence-corrected chi connectivity index (χ0v) is 18.9. The van der Waals surface area contributed by atoms with E-state index in [1.165, 1.54) is 12.5 Å². The number of benzene rings is 2. The maximum Gasteiger partial charge on any atom is 0.329 e. The van der Waals surface area contributed by atoms with Gasteiger partial charge in [0.05, 0.1) is 0 Å². The second kappa shape index (κ2) is 11.3. The quantitative estimate of drug-likeness (QED) is 0.589. The summed E-state index contributed by atoms with van der Waals surface area (Å²) in [4.78, 5) is 37.9. The number of nitrogens with one attached hydrogen (secondary N) is 2. The van der Waals surface area contributed by atoms with Crippen LogP contribution in [-0.2, 0) is 20.7 Å². The van der Waals surface area contributed by atoms with Crippen LogP contribution in [0, 0.1) is 12.8 Å². The Bertz CT molecular complexity index is 906. The van der Waals surface area contributed by atoms with E-state index in [4.69, 9.17) is 4.74 Å². The van der Waals surface area contributed by atoms with Crippen molar-refractivity contribution < 1.29 is 19.1 Å². The van der Waals surface area contributed by atoms with Crippen LogP contribution >= 0.6 is 0 Å². The smallest absolute Gasteiger partial charge is 0.329 e. The molecule has 0 heterocycles. The highest BCUT2D eigenvalue weighted by Crippen LogP contribution is 2.13. The van der Waals surface area contributed by atoms with E-state index in [9.17, 15) is 14.4 Å². The number of aryl methyl sites for hydroxylation is 2. The van der Waals surface area contributed by atoms with Crippen molar-refractivity contribution in [2.75, 3.05) is 5.32 Å². The summed E-state index contributed by atoms with van der Waals surface area (Å²) in [7, 11) is 0. The summed E-state index contributed by atoms with van der Waals surface area (Å²) >= 11 is 0. The van der Waals surface area contributed by atoms with Crippen LogP contribution < -0.4 is 10.6 Å². The van der Waals surface area contributed by atoms with E-state index in [0.717, 1.165) is 12.0 Å². The summed E-state index contributed by atoms with van der Waals surface area (Å²) in [5.74, 6) is -1.24. The van der Waals surface area contributed by atoms with E-state index in [1.807, 2.05) is 57.2 Å². The van der Waals surface area contributed by atoms with Crippen LogP contribution in [0.1, 0.15) is 55.6 Å². The van der Waals surface area contributed by atoms with Gasteiger partial charge in [0, 0.05) is 11.3 Å². The van der Waals surface area contributed by atoms with Crippen LogP contribution in [0.25, 0.3) is 0 Å². The molecule has 6 nitrogen and oxygen atoms in total. The number of ether oxygens (including phenoxy) is 1. The van der Waals surface area contributed by atoms with Crippen LogP contribution in [-0.4, -0.2) is 29.9 Å². The van der Waals surface area contributed by atoms with Gasteiger partial charge in [-0.05, 0) is 61.9 Å². The first-order valence-electron chi connectivity index (χ1n) is 10.7. The first kappa shape index (κ1) is 24.1. The highest BCUT2D eigenvalue weighted by atomic mass is 16.5. The highest BCUT2D eigenvalue weighted by Gasteiger charge is 2.28. The molecule has 0 unspecified atom stereocenters. The van der Waals surface area contributed by atoms with Crippen molar-refractivity contribution in [3.8, 4) is 0 Å². The van der Waals surface area contributed by atoms with Crippen molar-refractivity contribution in [1.82, 2.24) is 5.32 Å². The Morgan fingerprint density at radius 3 is 2.19 bits per heavy atom. The Labute approximate surface area is 184 Å². The molecule has 0 bridgehead atoms. The van der Waals surface area contributed by atoms with E-state index < -0.39 is 24.0 Å². The third-order valence-electron chi connectivity index (χ3n) is 4.98. The van der Waals surface area contributed by atoms with Gasteiger partial charge in [0.25, 0.3) is 11.8 Å². The second-order valence-corrected chi connectivity index (χ2v) is 8.09. The molecule has 0 saturated heterocycles. The van der Waals surface area contributed by atoms with Crippen molar-refractivity contribution in [2.24, 2.45) is 5.92 Å². The van der Waals surface area contributed by atoms with Crippen molar-refractivity contribution in [2.45, 2.75) is 59.6 Å². The summed E-state index contributed by atoms with van der Waals surface area (Å²) in [5, 5.41) is 5.52. The summed E-state index contributed by atoms with van der Waals surface area (Å²) in [6.45, 7) is 9.32. The first-order chi connectivity index (χ1) is 14.7. The average Bonchev–Trinajstić information content (AvgIpc) is 2.73. The van der Waals surface area contributed by atoms with Crippen molar-refractivity contribution >= 4 is 23.5 Å². The molecule has 2 aromatic rings. The number of rotatable bonds is 9. The monoisotopic (exact) mass is 424 g/mol. The van der Waals surface area contributed by atoms with E-state index in [1.54, 1.807) is 12.1 Å². The van der Waals surface area contributed by atoms with Crippen molar-refractivity contribution in [1.29, 1.82) is 0 Å². The van der Waals surface area contributed by atoms with Crippen LogP contribution in [0.15, 0.2) is 48.5 Å². The summed E-state index contributed by atoms with van der Waals surface area (Å²) < 4.78 is 5.39. The molecule has 2 atom stereocenters. The van der Waals surface area contributed by atoms with Crippen LogP contribution in [0.4, 0.5) is 5.69 Å². The summed E-state index contributed by atoms with van der Waals surface area (Å²) in [6.07, 6.45) is 0.320. The molecule has 2 rings (SSSR count). The van der Waals surface area contributed by atoms with Gasteiger partial charge in [-0.2, -0.15) is 0 Å². The molecule has 0 aliphatic heterocycles. The lowest BCUT2D eigenvalue weighted by molar-refractivity contribution is -0.155. The highest BCUT2D eigenvalue weighted by molar-refractivity contribution is 5.99. The molecule has 0 aliphatic carbocycles. The lowest BCUT2D eigenvalue weighted by Crippen LogP contribution is -2.45. The molecule has 0 aromatic heterocycles. The minimum atomic E-state index is -0.997. The molecule has 31 heavy (non-hydrogen) atoms. The standard InChI is InChI=1S/C25H32N2O4/c1-6-19-11-13-20(14-12-19)26-23(28)18(5)31-25(30)22(15-16(2)3)27-24(29)21-10-8-7-9-17(21)4/h7-14,16,18,22H,6,15H2,1-5H3,(H,26,28)(H,27,29)/t18-,22-/m1/s1. The molecule has 0 fully saturated rings.